The van der Waals surface area contributed by atoms with Crippen LogP contribution in [0, 0.1) is 0 Å². The summed E-state index contributed by atoms with van der Waals surface area (Å²) in [6.45, 7) is 0. The predicted molar refractivity (Wildman–Crippen MR) is 101 cm³/mol. The van der Waals surface area contributed by atoms with Crippen molar-refractivity contribution in [3.05, 3.63) is 80.4 Å². The molecule has 0 aliphatic carbocycles. The summed E-state index contributed by atoms with van der Waals surface area (Å²) >= 11 is 0. The fraction of sp³-hybridized carbons (Fsp3) is 0. The summed E-state index contributed by atoms with van der Waals surface area (Å²) in [6, 6.07) is 11.1. The molecule has 28 heavy (non-hydrogen) atoms. The number of phenolic OH excluding ortho intramolecular Hbond substituents is 1. The van der Waals surface area contributed by atoms with Gasteiger partial charge >= 0.3 is 6.03 Å². The number of amides is 3. The van der Waals surface area contributed by atoms with E-state index < -0.39 is 23.1 Å². The number of urea groups is 1. The molecule has 0 radical (unpaired) electrons. The molecule has 1 aromatic heterocycles. The van der Waals surface area contributed by atoms with Crippen molar-refractivity contribution in [1.29, 1.82) is 0 Å². The highest BCUT2D eigenvalue weighted by molar-refractivity contribution is 6.31. The number of aromatic nitrogens is 2. The van der Waals surface area contributed by atoms with E-state index in [4.69, 9.17) is 0 Å². The van der Waals surface area contributed by atoms with E-state index in [-0.39, 0.29) is 27.9 Å². The standard InChI is InChI=1S/C19H12N4O5/c24-11-7-5-10(6-8-11)9-14-15(20-19(28)21-16(14)25)23-18(27)13-4-2-1-3-12(13)17(26)22-23/h1-9,24H,(H,22,26)(H,21,25,28)/b14-9-. The number of hydrogen-bond donors (Lipinski definition) is 3. The van der Waals surface area contributed by atoms with E-state index >= 15 is 0 Å². The number of rotatable bonds is 1. The van der Waals surface area contributed by atoms with E-state index in [2.05, 4.69) is 10.1 Å². The smallest absolute Gasteiger partial charge is 0.349 e. The Morgan fingerprint density at radius 1 is 0.929 bits per heavy atom. The summed E-state index contributed by atoms with van der Waals surface area (Å²) in [7, 11) is 0. The van der Waals surface area contributed by atoms with Crippen LogP contribution < -0.4 is 16.4 Å². The first-order valence-electron chi connectivity index (χ1n) is 8.13. The summed E-state index contributed by atoms with van der Waals surface area (Å²) in [4.78, 5) is 53.1. The Bertz CT molecular complexity index is 1310. The molecular weight excluding hydrogens is 364 g/mol. The number of aliphatic imine (C=N–C) groups is 1. The van der Waals surface area contributed by atoms with Gasteiger partial charge in [-0.3, -0.25) is 24.8 Å². The highest BCUT2D eigenvalue weighted by Gasteiger charge is 2.27. The molecule has 9 nitrogen and oxygen atoms in total. The van der Waals surface area contributed by atoms with Gasteiger partial charge < -0.3 is 5.11 Å². The van der Waals surface area contributed by atoms with Gasteiger partial charge in [-0.15, -0.1) is 0 Å². The van der Waals surface area contributed by atoms with Gasteiger partial charge in [-0.2, -0.15) is 9.67 Å². The van der Waals surface area contributed by atoms with Crippen LogP contribution in [-0.4, -0.2) is 32.7 Å². The third-order valence-corrected chi connectivity index (χ3v) is 4.15. The summed E-state index contributed by atoms with van der Waals surface area (Å²) in [5.41, 5.74) is -0.784. The second-order valence-corrected chi connectivity index (χ2v) is 5.97. The normalized spacial score (nSPS) is 15.6. The zero-order chi connectivity index (χ0) is 19.8. The summed E-state index contributed by atoms with van der Waals surface area (Å²) in [6.07, 6.45) is 1.39. The number of H-pyrrole nitrogens is 1. The number of carbonyl (C=O) groups excluding carboxylic acids is 2. The van der Waals surface area contributed by atoms with Gasteiger partial charge in [0.05, 0.1) is 16.3 Å². The fourth-order valence-corrected chi connectivity index (χ4v) is 2.84. The first-order chi connectivity index (χ1) is 13.4. The second-order valence-electron chi connectivity index (χ2n) is 5.97. The van der Waals surface area contributed by atoms with Gasteiger partial charge in [-0.05, 0) is 35.9 Å². The van der Waals surface area contributed by atoms with Crippen molar-refractivity contribution < 1.29 is 14.7 Å². The quantitative estimate of drug-likeness (QED) is 0.544. The molecule has 3 amide bonds. The van der Waals surface area contributed by atoms with Crippen LogP contribution in [0.25, 0.3) is 16.8 Å². The van der Waals surface area contributed by atoms with Gasteiger partial charge in [0.1, 0.15) is 5.75 Å². The average molecular weight is 376 g/mol. The van der Waals surface area contributed by atoms with E-state index in [0.29, 0.717) is 5.56 Å². The predicted octanol–water partition coefficient (Wildman–Crippen LogP) is 0.975. The largest absolute Gasteiger partial charge is 0.508 e. The molecule has 3 aromatic rings. The molecule has 138 valence electrons. The Morgan fingerprint density at radius 3 is 2.32 bits per heavy atom. The molecule has 0 unspecified atom stereocenters. The van der Waals surface area contributed by atoms with Crippen LogP contribution in [0.3, 0.4) is 0 Å². The fourth-order valence-electron chi connectivity index (χ4n) is 2.84. The average Bonchev–Trinajstić information content (AvgIpc) is 2.68. The molecule has 0 fully saturated rings. The van der Waals surface area contributed by atoms with E-state index in [1.54, 1.807) is 12.1 Å². The zero-order valence-electron chi connectivity index (χ0n) is 14.2. The van der Waals surface area contributed by atoms with Gasteiger partial charge in [-0.1, -0.05) is 24.3 Å². The molecule has 0 spiro atoms. The molecular formula is C19H12N4O5. The molecule has 1 aliphatic rings. The molecule has 3 N–H and O–H groups in total. The first kappa shape index (κ1) is 17.2. The van der Waals surface area contributed by atoms with Crippen molar-refractivity contribution in [2.75, 3.05) is 0 Å². The van der Waals surface area contributed by atoms with Crippen LogP contribution in [0.4, 0.5) is 4.79 Å². The third kappa shape index (κ3) is 2.90. The Labute approximate surface area is 156 Å². The SMILES string of the molecule is O=C1N=C(n2[nH]c(=O)c3ccccc3c2=O)/C(=C/c2ccc(O)cc2)C(=O)N1. The monoisotopic (exact) mass is 376 g/mol. The Morgan fingerprint density at radius 2 is 1.61 bits per heavy atom. The molecule has 1 aliphatic heterocycles. The molecule has 2 heterocycles. The maximum absolute atomic E-state index is 12.8. The maximum atomic E-state index is 12.8. The first-order valence-corrected chi connectivity index (χ1v) is 8.13. The second kappa shape index (κ2) is 6.47. The highest BCUT2D eigenvalue weighted by atomic mass is 16.3. The lowest BCUT2D eigenvalue weighted by atomic mass is 10.1. The van der Waals surface area contributed by atoms with Crippen molar-refractivity contribution in [1.82, 2.24) is 15.1 Å². The minimum Gasteiger partial charge on any atom is -0.508 e. The number of benzene rings is 2. The number of aromatic amines is 1. The lowest BCUT2D eigenvalue weighted by molar-refractivity contribution is -0.116. The minimum absolute atomic E-state index is 0.0365. The Hall–Kier alpha value is -4.27. The van der Waals surface area contributed by atoms with Crippen LogP contribution >= 0.6 is 0 Å². The van der Waals surface area contributed by atoms with Gasteiger partial charge in [0.2, 0.25) is 0 Å². The van der Waals surface area contributed by atoms with Gasteiger partial charge in [0.25, 0.3) is 17.0 Å². The highest BCUT2D eigenvalue weighted by Crippen LogP contribution is 2.16. The molecule has 0 saturated carbocycles. The molecule has 0 saturated heterocycles. The number of carbonyl (C=O) groups is 2. The van der Waals surface area contributed by atoms with Gasteiger partial charge in [0.15, 0.2) is 5.84 Å². The minimum atomic E-state index is -0.955. The van der Waals surface area contributed by atoms with Crippen LogP contribution in [0.2, 0.25) is 0 Å². The van der Waals surface area contributed by atoms with Gasteiger partial charge in [-0.25, -0.2) is 4.79 Å². The van der Waals surface area contributed by atoms with Crippen molar-refractivity contribution in [2.24, 2.45) is 4.99 Å². The number of nitrogens with zero attached hydrogens (tertiary/aromatic N) is 2. The lowest BCUT2D eigenvalue weighted by Gasteiger charge is -2.16. The van der Waals surface area contributed by atoms with Crippen molar-refractivity contribution in [2.45, 2.75) is 0 Å². The van der Waals surface area contributed by atoms with Crippen LogP contribution in [0.1, 0.15) is 5.56 Å². The van der Waals surface area contributed by atoms with Gasteiger partial charge in [0, 0.05) is 0 Å². The van der Waals surface area contributed by atoms with E-state index in [0.717, 1.165) is 4.68 Å². The summed E-state index contributed by atoms with van der Waals surface area (Å²) < 4.78 is 0.785. The number of phenols is 1. The summed E-state index contributed by atoms with van der Waals surface area (Å²) in [5.74, 6) is -1.03. The number of imide groups is 1. The van der Waals surface area contributed by atoms with E-state index in [1.165, 1.54) is 42.5 Å². The molecule has 0 atom stereocenters. The van der Waals surface area contributed by atoms with E-state index in [9.17, 15) is 24.3 Å². The topological polar surface area (TPSA) is 134 Å². The number of fused-ring (bicyclic) bond motifs is 1. The van der Waals surface area contributed by atoms with Crippen LogP contribution in [0.5, 0.6) is 5.75 Å². The van der Waals surface area contributed by atoms with E-state index in [1.807, 2.05) is 5.32 Å². The number of nitrogens with one attached hydrogen (secondary N) is 2. The van der Waals surface area contributed by atoms with Crippen molar-refractivity contribution in [3.63, 3.8) is 0 Å². The third-order valence-electron chi connectivity index (χ3n) is 4.15. The number of hydrogen-bond acceptors (Lipinski definition) is 5. The Balaban J connectivity index is 1.97. The maximum Gasteiger partial charge on any atom is 0.349 e. The molecule has 2 aromatic carbocycles. The summed E-state index contributed by atoms with van der Waals surface area (Å²) in [5, 5.41) is 14.1. The Kier molecular flexibility index (Phi) is 3.96. The lowest BCUT2D eigenvalue weighted by Crippen LogP contribution is -2.44. The van der Waals surface area contributed by atoms with Crippen LogP contribution in [-0.2, 0) is 4.79 Å². The number of aromatic hydroxyl groups is 1. The van der Waals surface area contributed by atoms with Crippen molar-refractivity contribution in [3.8, 4) is 5.75 Å². The molecule has 9 heteroatoms. The van der Waals surface area contributed by atoms with Crippen LogP contribution in [0.15, 0.2) is 68.7 Å². The molecule has 0 bridgehead atoms. The molecule has 4 rings (SSSR count). The zero-order valence-corrected chi connectivity index (χ0v) is 14.2. The van der Waals surface area contributed by atoms with Crippen molar-refractivity contribution >= 4 is 34.6 Å².